The molecule has 0 atom stereocenters. The van der Waals surface area contributed by atoms with Gasteiger partial charge in [-0.05, 0) is 62.1 Å². The van der Waals surface area contributed by atoms with Crippen molar-refractivity contribution in [2.45, 2.75) is 37.4 Å². The van der Waals surface area contributed by atoms with E-state index < -0.39 is 10.0 Å². The Kier molecular flexibility index (Phi) is 6.08. The van der Waals surface area contributed by atoms with E-state index in [1.165, 1.54) is 0 Å². The van der Waals surface area contributed by atoms with E-state index in [0.29, 0.717) is 17.1 Å². The van der Waals surface area contributed by atoms with Crippen LogP contribution in [0.5, 0.6) is 0 Å². The van der Waals surface area contributed by atoms with Crippen molar-refractivity contribution in [3.05, 3.63) is 63.9 Å². The van der Waals surface area contributed by atoms with Gasteiger partial charge in [0.15, 0.2) is 5.76 Å². The first-order valence-corrected chi connectivity index (χ1v) is 12.2. The van der Waals surface area contributed by atoms with E-state index in [-0.39, 0.29) is 22.6 Å². The predicted octanol–water partition coefficient (Wildman–Crippen LogP) is 4.35. The third-order valence-electron chi connectivity index (χ3n) is 5.07. The van der Waals surface area contributed by atoms with Crippen LogP contribution in [0.4, 0.5) is 5.69 Å². The van der Waals surface area contributed by atoms with Crippen molar-refractivity contribution < 1.29 is 17.7 Å². The number of anilines is 1. The molecule has 0 saturated heterocycles. The van der Waals surface area contributed by atoms with Crippen LogP contribution in [-0.4, -0.2) is 19.5 Å². The van der Waals surface area contributed by atoms with E-state index in [0.717, 1.165) is 40.2 Å². The lowest BCUT2D eigenvalue weighted by molar-refractivity contribution is -0.117. The molecule has 1 aliphatic rings. The maximum Gasteiger partial charge on any atom is 0.250 e. The molecule has 1 amide bonds. The summed E-state index contributed by atoms with van der Waals surface area (Å²) in [7, 11) is -3.62. The fourth-order valence-corrected chi connectivity index (χ4v) is 5.28. The summed E-state index contributed by atoms with van der Waals surface area (Å²) < 4.78 is 33.5. The average Bonchev–Trinajstić information content (AvgIpc) is 3.39. The molecule has 4 rings (SSSR count). The highest BCUT2D eigenvalue weighted by Crippen LogP contribution is 2.32. The molecule has 1 saturated carbocycles. The Morgan fingerprint density at radius 3 is 2.71 bits per heavy atom. The van der Waals surface area contributed by atoms with Gasteiger partial charge in [0.25, 0.3) is 0 Å². The minimum absolute atomic E-state index is 0.0230. The molecule has 31 heavy (non-hydrogen) atoms. The lowest BCUT2D eigenvalue weighted by Crippen LogP contribution is -2.22. The number of hydrogen-bond donors (Lipinski definition) is 2. The summed E-state index contributed by atoms with van der Waals surface area (Å²) in [5, 5.41) is 6.80. The summed E-state index contributed by atoms with van der Waals surface area (Å²) in [4.78, 5) is 12.8. The Bertz CT molecular complexity index is 1240. The molecule has 162 valence electrons. The molecule has 1 fully saturated rings. The van der Waals surface area contributed by atoms with E-state index in [1.807, 2.05) is 31.2 Å². The minimum Gasteiger partial charge on any atom is -0.354 e. The largest absolute Gasteiger partial charge is 0.354 e. The first kappa shape index (κ1) is 21.5. The van der Waals surface area contributed by atoms with Crippen LogP contribution in [0.25, 0.3) is 12.2 Å². The smallest absolute Gasteiger partial charge is 0.250 e. The van der Waals surface area contributed by atoms with Gasteiger partial charge in [0.2, 0.25) is 15.9 Å². The third kappa shape index (κ3) is 5.12. The number of sulfonamides is 1. The number of rotatable bonds is 8. The number of carbonyl (C=O) groups excluding carboxylic acids is 1. The summed E-state index contributed by atoms with van der Waals surface area (Å²) in [6.45, 7) is 3.95. The van der Waals surface area contributed by atoms with Crippen LogP contribution in [0.3, 0.4) is 0 Å². The van der Waals surface area contributed by atoms with Gasteiger partial charge in [0.1, 0.15) is 15.6 Å². The van der Waals surface area contributed by atoms with Crippen LogP contribution in [0.2, 0.25) is 0 Å². The van der Waals surface area contributed by atoms with Crippen molar-refractivity contribution in [2.24, 2.45) is 5.92 Å². The zero-order valence-corrected chi connectivity index (χ0v) is 18.8. The molecule has 9 heteroatoms. The highest BCUT2D eigenvalue weighted by Gasteiger charge is 2.30. The second kappa shape index (κ2) is 8.78. The number of aryl methyl sites for hydroxylation is 2. The fraction of sp³-hybridized carbons (Fsp3) is 0.273. The minimum atomic E-state index is -3.62. The summed E-state index contributed by atoms with van der Waals surface area (Å²) in [6, 6.07) is 11.0. The van der Waals surface area contributed by atoms with Gasteiger partial charge in [0.05, 0.1) is 0 Å². The Labute approximate surface area is 185 Å². The second-order valence-electron chi connectivity index (χ2n) is 7.51. The van der Waals surface area contributed by atoms with Crippen molar-refractivity contribution in [1.82, 2.24) is 9.88 Å². The van der Waals surface area contributed by atoms with Crippen LogP contribution in [0.15, 0.2) is 45.1 Å². The maximum absolute atomic E-state index is 12.7. The second-order valence-corrected chi connectivity index (χ2v) is 10.6. The standard InChI is InChI=1S/C22H23N3O4S2/c1-14-5-3-4-6-17(14)13-23-31(27,28)20-12-10-18(30-20)9-11-19-21(15(2)25-29-19)24-22(26)16-7-8-16/h3-6,9-12,16,23H,7-8,13H2,1-2H3,(H,24,26)/b11-9+. The molecule has 1 aromatic carbocycles. The zero-order valence-electron chi connectivity index (χ0n) is 17.2. The topological polar surface area (TPSA) is 101 Å². The molecule has 0 bridgehead atoms. The van der Waals surface area contributed by atoms with Crippen molar-refractivity contribution in [3.63, 3.8) is 0 Å². The molecule has 0 spiro atoms. The first-order valence-electron chi connectivity index (χ1n) is 9.93. The number of nitrogens with zero attached hydrogens (tertiary/aromatic N) is 1. The number of aromatic nitrogens is 1. The predicted molar refractivity (Wildman–Crippen MR) is 121 cm³/mol. The van der Waals surface area contributed by atoms with Gasteiger partial charge in [0, 0.05) is 17.3 Å². The Morgan fingerprint density at radius 2 is 1.97 bits per heavy atom. The summed E-state index contributed by atoms with van der Waals surface area (Å²) in [5.41, 5.74) is 3.12. The van der Waals surface area contributed by atoms with Gasteiger partial charge in [-0.15, -0.1) is 11.3 Å². The first-order chi connectivity index (χ1) is 14.8. The summed E-state index contributed by atoms with van der Waals surface area (Å²) in [5.74, 6) is 0.482. The average molecular weight is 458 g/mol. The number of benzene rings is 1. The molecular formula is C22H23N3O4S2. The molecule has 2 N–H and O–H groups in total. The lowest BCUT2D eigenvalue weighted by Gasteiger charge is -2.07. The van der Waals surface area contributed by atoms with Crippen molar-refractivity contribution >= 4 is 45.1 Å². The normalized spacial score (nSPS) is 14.3. The van der Waals surface area contributed by atoms with E-state index in [4.69, 9.17) is 4.52 Å². The third-order valence-corrected chi connectivity index (χ3v) is 8.01. The van der Waals surface area contributed by atoms with Gasteiger partial charge in [-0.2, -0.15) is 0 Å². The molecular weight excluding hydrogens is 434 g/mol. The van der Waals surface area contributed by atoms with Gasteiger partial charge in [-0.1, -0.05) is 29.4 Å². The maximum atomic E-state index is 12.7. The Balaban J connectivity index is 1.45. The van der Waals surface area contributed by atoms with Gasteiger partial charge < -0.3 is 9.84 Å². The lowest BCUT2D eigenvalue weighted by atomic mass is 10.1. The fourth-order valence-electron chi connectivity index (χ4n) is 3.00. The molecule has 2 heterocycles. The van der Waals surface area contributed by atoms with E-state index >= 15 is 0 Å². The molecule has 1 aliphatic carbocycles. The van der Waals surface area contributed by atoms with E-state index in [2.05, 4.69) is 15.2 Å². The summed E-state index contributed by atoms with van der Waals surface area (Å²) >= 11 is 1.15. The van der Waals surface area contributed by atoms with E-state index in [1.54, 1.807) is 31.2 Å². The van der Waals surface area contributed by atoms with Crippen molar-refractivity contribution in [3.8, 4) is 0 Å². The number of thiophene rings is 1. The number of nitrogens with one attached hydrogen (secondary N) is 2. The quantitative estimate of drug-likeness (QED) is 0.524. The van der Waals surface area contributed by atoms with Gasteiger partial charge >= 0.3 is 0 Å². The van der Waals surface area contributed by atoms with Crippen LogP contribution in [0, 0.1) is 19.8 Å². The zero-order chi connectivity index (χ0) is 22.0. The van der Waals surface area contributed by atoms with Crippen LogP contribution in [0.1, 0.15) is 40.3 Å². The van der Waals surface area contributed by atoms with Gasteiger partial charge in [-0.3, -0.25) is 4.79 Å². The molecule has 0 radical (unpaired) electrons. The molecule has 3 aromatic rings. The highest BCUT2D eigenvalue weighted by molar-refractivity contribution is 7.91. The highest BCUT2D eigenvalue weighted by atomic mass is 32.2. The van der Waals surface area contributed by atoms with Crippen molar-refractivity contribution in [1.29, 1.82) is 0 Å². The van der Waals surface area contributed by atoms with E-state index in [9.17, 15) is 13.2 Å². The summed E-state index contributed by atoms with van der Waals surface area (Å²) in [6.07, 6.45) is 5.25. The molecule has 2 aromatic heterocycles. The molecule has 0 unspecified atom stereocenters. The SMILES string of the molecule is Cc1ccccc1CNS(=O)(=O)c1ccc(/C=C/c2onc(C)c2NC(=O)C2CC2)s1. The molecule has 0 aliphatic heterocycles. The van der Waals surface area contributed by atoms with Crippen LogP contribution < -0.4 is 10.0 Å². The van der Waals surface area contributed by atoms with Crippen molar-refractivity contribution in [2.75, 3.05) is 5.32 Å². The number of carbonyl (C=O) groups is 1. The molecule has 7 nitrogen and oxygen atoms in total. The van der Waals surface area contributed by atoms with Crippen LogP contribution >= 0.6 is 11.3 Å². The van der Waals surface area contributed by atoms with Crippen LogP contribution in [-0.2, 0) is 21.4 Å². The number of amides is 1. The Morgan fingerprint density at radius 1 is 1.19 bits per heavy atom. The monoisotopic (exact) mass is 457 g/mol. The van der Waals surface area contributed by atoms with Gasteiger partial charge in [-0.25, -0.2) is 13.1 Å². The Hall–Kier alpha value is -2.75. The number of hydrogen-bond acceptors (Lipinski definition) is 6.